The van der Waals surface area contributed by atoms with Gasteiger partial charge in [0, 0.05) is 5.56 Å². The van der Waals surface area contributed by atoms with Crippen molar-refractivity contribution >= 4 is 11.9 Å². The van der Waals surface area contributed by atoms with Crippen molar-refractivity contribution in [2.24, 2.45) is 0 Å². The number of phenols is 1. The van der Waals surface area contributed by atoms with Gasteiger partial charge in [0.1, 0.15) is 29.3 Å². The second-order valence-electron chi connectivity index (χ2n) is 9.49. The molecule has 0 radical (unpaired) electrons. The number of benzene rings is 3. The van der Waals surface area contributed by atoms with Gasteiger partial charge >= 0.3 is 18.1 Å². The lowest BCUT2D eigenvalue weighted by molar-refractivity contribution is -0.139. The molecular formula is C28H27F3O6. The predicted molar refractivity (Wildman–Crippen MR) is 131 cm³/mol. The molecule has 196 valence electrons. The zero-order valence-corrected chi connectivity index (χ0v) is 20.7. The lowest BCUT2D eigenvalue weighted by Gasteiger charge is -2.22. The quantitative estimate of drug-likeness (QED) is 0.336. The molecule has 0 spiro atoms. The van der Waals surface area contributed by atoms with E-state index in [1.807, 2.05) is 12.1 Å². The van der Waals surface area contributed by atoms with Crippen LogP contribution < -0.4 is 4.74 Å². The lowest BCUT2D eigenvalue weighted by Crippen LogP contribution is -2.25. The number of alkyl halides is 3. The number of rotatable bonds is 7. The van der Waals surface area contributed by atoms with Gasteiger partial charge in [-0.1, -0.05) is 42.5 Å². The van der Waals surface area contributed by atoms with Crippen LogP contribution in [0.2, 0.25) is 0 Å². The summed E-state index contributed by atoms with van der Waals surface area (Å²) >= 11 is 0. The van der Waals surface area contributed by atoms with Gasteiger partial charge in [0.2, 0.25) is 0 Å². The first-order valence-corrected chi connectivity index (χ1v) is 11.4. The molecule has 3 rings (SSSR count). The summed E-state index contributed by atoms with van der Waals surface area (Å²) in [5.74, 6) is -3.45. The van der Waals surface area contributed by atoms with E-state index in [2.05, 4.69) is 0 Å². The average Bonchev–Trinajstić information content (AvgIpc) is 2.80. The maximum atomic E-state index is 13.3. The van der Waals surface area contributed by atoms with E-state index in [1.54, 1.807) is 64.1 Å². The van der Waals surface area contributed by atoms with Gasteiger partial charge in [0.05, 0.1) is 11.5 Å². The SMILES string of the molecule is CC(C(=O)O)c1ccc(-c2ccc(OCc3ccc(C(F)(F)F)c(O)c3C(=O)OC(C)(C)C)cc2)cc1. The van der Waals surface area contributed by atoms with Crippen molar-refractivity contribution in [3.05, 3.63) is 82.9 Å². The highest BCUT2D eigenvalue weighted by Crippen LogP contribution is 2.39. The van der Waals surface area contributed by atoms with Crippen LogP contribution in [0.1, 0.15) is 60.7 Å². The number of esters is 1. The second kappa shape index (κ2) is 10.5. The second-order valence-corrected chi connectivity index (χ2v) is 9.49. The van der Waals surface area contributed by atoms with Crippen LogP contribution in [0.5, 0.6) is 11.5 Å². The molecule has 0 fully saturated rings. The fourth-order valence-corrected chi connectivity index (χ4v) is 3.55. The number of hydrogen-bond donors (Lipinski definition) is 2. The number of aromatic hydroxyl groups is 1. The third kappa shape index (κ3) is 6.81. The number of ether oxygens (including phenoxy) is 2. The van der Waals surface area contributed by atoms with E-state index in [0.29, 0.717) is 17.4 Å². The first-order chi connectivity index (χ1) is 17.2. The molecule has 0 saturated carbocycles. The lowest BCUT2D eigenvalue weighted by atomic mass is 9.97. The molecule has 1 atom stereocenters. The number of aliphatic carboxylic acids is 1. The van der Waals surface area contributed by atoms with E-state index < -0.39 is 46.5 Å². The number of hydrogen-bond acceptors (Lipinski definition) is 5. The molecular weight excluding hydrogens is 489 g/mol. The number of carbonyl (C=O) groups excluding carboxylic acids is 1. The summed E-state index contributed by atoms with van der Waals surface area (Å²) in [6.07, 6.45) is -4.86. The van der Waals surface area contributed by atoms with Gasteiger partial charge in [-0.25, -0.2) is 4.79 Å². The van der Waals surface area contributed by atoms with Crippen molar-refractivity contribution in [2.45, 2.75) is 52.0 Å². The zero-order chi connectivity index (χ0) is 27.5. The Morgan fingerprint density at radius 3 is 1.92 bits per heavy atom. The third-order valence-corrected chi connectivity index (χ3v) is 5.54. The van der Waals surface area contributed by atoms with E-state index in [0.717, 1.165) is 17.2 Å². The fraction of sp³-hybridized carbons (Fsp3) is 0.286. The Labute approximate surface area is 212 Å². The smallest absolute Gasteiger partial charge is 0.419 e. The number of carbonyl (C=O) groups is 2. The molecule has 6 nitrogen and oxygen atoms in total. The van der Waals surface area contributed by atoms with Crippen LogP contribution >= 0.6 is 0 Å². The van der Waals surface area contributed by atoms with Gasteiger partial charge in [-0.2, -0.15) is 13.2 Å². The summed E-state index contributed by atoms with van der Waals surface area (Å²) in [4.78, 5) is 23.8. The highest BCUT2D eigenvalue weighted by molar-refractivity contribution is 5.95. The van der Waals surface area contributed by atoms with Crippen molar-refractivity contribution in [2.75, 3.05) is 0 Å². The fourth-order valence-electron chi connectivity index (χ4n) is 3.55. The summed E-state index contributed by atoms with van der Waals surface area (Å²) in [5, 5.41) is 19.5. The number of phenolic OH excluding ortho intramolecular Hbond substituents is 1. The first kappa shape index (κ1) is 27.6. The maximum absolute atomic E-state index is 13.3. The molecule has 0 amide bonds. The van der Waals surface area contributed by atoms with Crippen molar-refractivity contribution in [3.63, 3.8) is 0 Å². The van der Waals surface area contributed by atoms with Crippen LogP contribution in [0.4, 0.5) is 13.2 Å². The number of carboxylic acids is 1. The predicted octanol–water partition coefficient (Wildman–Crippen LogP) is 6.80. The van der Waals surface area contributed by atoms with Crippen molar-refractivity contribution in [3.8, 4) is 22.6 Å². The van der Waals surface area contributed by atoms with Crippen LogP contribution in [-0.4, -0.2) is 27.8 Å². The van der Waals surface area contributed by atoms with E-state index in [9.17, 15) is 27.9 Å². The Bertz CT molecular complexity index is 1270. The van der Waals surface area contributed by atoms with E-state index >= 15 is 0 Å². The molecule has 3 aromatic carbocycles. The minimum absolute atomic E-state index is 0.0342. The average molecular weight is 517 g/mol. The van der Waals surface area contributed by atoms with Crippen LogP contribution in [0.15, 0.2) is 60.7 Å². The van der Waals surface area contributed by atoms with Crippen LogP contribution in [0.3, 0.4) is 0 Å². The number of carboxylic acid groups (broad SMARTS) is 1. The summed E-state index contributed by atoms with van der Waals surface area (Å²) in [5.41, 5.74) is -0.530. The highest BCUT2D eigenvalue weighted by atomic mass is 19.4. The summed E-state index contributed by atoms with van der Waals surface area (Å²) in [6, 6.07) is 15.7. The van der Waals surface area contributed by atoms with E-state index in [1.165, 1.54) is 0 Å². The minimum atomic E-state index is -4.86. The Balaban J connectivity index is 1.81. The molecule has 1 unspecified atom stereocenters. The first-order valence-electron chi connectivity index (χ1n) is 11.4. The van der Waals surface area contributed by atoms with Gasteiger partial charge in [0.15, 0.2) is 0 Å². The Morgan fingerprint density at radius 1 is 0.892 bits per heavy atom. The standard InChI is InChI=1S/C28H27F3O6/c1-16(25(33)34)17-5-7-18(8-6-17)19-9-12-21(13-10-19)36-15-20-11-14-22(28(29,30)31)24(32)23(20)26(35)37-27(2,3)4/h5-14,16,32H,15H2,1-4H3,(H,33,34). The number of halogens is 3. The normalized spacial score (nSPS) is 12.6. The molecule has 0 aliphatic rings. The molecule has 37 heavy (non-hydrogen) atoms. The monoisotopic (exact) mass is 516 g/mol. The van der Waals surface area contributed by atoms with Crippen LogP contribution in [0, 0.1) is 0 Å². The molecule has 0 aromatic heterocycles. The largest absolute Gasteiger partial charge is 0.506 e. The molecule has 0 aliphatic heterocycles. The molecule has 3 aromatic rings. The van der Waals surface area contributed by atoms with Crippen molar-refractivity contribution in [1.29, 1.82) is 0 Å². The molecule has 0 aliphatic carbocycles. The van der Waals surface area contributed by atoms with E-state index in [-0.39, 0.29) is 12.2 Å². The molecule has 9 heteroatoms. The highest BCUT2D eigenvalue weighted by Gasteiger charge is 2.37. The van der Waals surface area contributed by atoms with Gasteiger partial charge < -0.3 is 19.7 Å². The minimum Gasteiger partial charge on any atom is -0.506 e. The van der Waals surface area contributed by atoms with Crippen LogP contribution in [-0.2, 0) is 22.3 Å². The van der Waals surface area contributed by atoms with Gasteiger partial charge in [0.25, 0.3) is 0 Å². The summed E-state index contributed by atoms with van der Waals surface area (Å²) < 4.78 is 50.9. The molecule has 0 heterocycles. The van der Waals surface area contributed by atoms with Crippen LogP contribution in [0.25, 0.3) is 11.1 Å². The Morgan fingerprint density at radius 2 is 1.43 bits per heavy atom. The van der Waals surface area contributed by atoms with Crippen molar-refractivity contribution < 1.29 is 42.4 Å². The maximum Gasteiger partial charge on any atom is 0.419 e. The summed E-state index contributed by atoms with van der Waals surface area (Å²) in [6.45, 7) is 6.00. The molecule has 2 N–H and O–H groups in total. The van der Waals surface area contributed by atoms with Gasteiger partial charge in [-0.3, -0.25) is 4.79 Å². The van der Waals surface area contributed by atoms with E-state index in [4.69, 9.17) is 14.6 Å². The molecule has 0 bridgehead atoms. The van der Waals surface area contributed by atoms with Gasteiger partial charge in [-0.15, -0.1) is 0 Å². The van der Waals surface area contributed by atoms with Crippen molar-refractivity contribution in [1.82, 2.24) is 0 Å². The van der Waals surface area contributed by atoms with Gasteiger partial charge in [-0.05, 0) is 62.6 Å². The third-order valence-electron chi connectivity index (χ3n) is 5.54. The summed E-state index contributed by atoms with van der Waals surface area (Å²) in [7, 11) is 0. The Kier molecular flexibility index (Phi) is 7.86. The Hall–Kier alpha value is -4.01. The topological polar surface area (TPSA) is 93.1 Å². The molecule has 0 saturated heterocycles. The zero-order valence-electron chi connectivity index (χ0n) is 20.7.